The number of carbonyl (C=O) groups is 1. The van der Waals surface area contributed by atoms with E-state index in [9.17, 15) is 13.6 Å². The van der Waals surface area contributed by atoms with Gasteiger partial charge in [0.2, 0.25) is 0 Å². The highest BCUT2D eigenvalue weighted by Gasteiger charge is 2.23. The van der Waals surface area contributed by atoms with Gasteiger partial charge in [0.1, 0.15) is 11.5 Å². The van der Waals surface area contributed by atoms with E-state index in [2.05, 4.69) is 22.2 Å². The largest absolute Gasteiger partial charge is 0.496 e. The van der Waals surface area contributed by atoms with E-state index in [1.807, 2.05) is 30.3 Å². The molecule has 1 heterocycles. The van der Waals surface area contributed by atoms with Crippen molar-refractivity contribution >= 4 is 39.9 Å². The van der Waals surface area contributed by atoms with Gasteiger partial charge in [-0.1, -0.05) is 12.1 Å². The third kappa shape index (κ3) is 7.04. The van der Waals surface area contributed by atoms with Crippen LogP contribution in [0.3, 0.4) is 0 Å². The molecule has 224 valence electrons. The molecule has 1 atom stereocenters. The minimum absolute atomic E-state index is 0.225. The minimum Gasteiger partial charge on any atom is -0.496 e. The number of carbonyl (C=O) groups excluding carboxylic acids is 1. The molecule has 0 bridgehead atoms. The number of piperazine rings is 1. The van der Waals surface area contributed by atoms with Gasteiger partial charge in [-0.05, 0) is 61.1 Å². The number of methoxy groups -OCH3 is 4. The number of para-hydroxylation sites is 1. The first-order valence-corrected chi connectivity index (χ1v) is 14.7. The van der Waals surface area contributed by atoms with E-state index >= 15 is 0 Å². The van der Waals surface area contributed by atoms with Crippen molar-refractivity contribution in [1.82, 2.24) is 4.90 Å². The molecular weight excluding hydrogens is 558 g/mol. The average molecular weight is 596 g/mol. The predicted molar refractivity (Wildman–Crippen MR) is 165 cm³/mol. The third-order valence-corrected chi connectivity index (χ3v) is 7.72. The zero-order chi connectivity index (χ0) is 30.2. The first-order chi connectivity index (χ1) is 20.3. The highest BCUT2D eigenvalue weighted by molar-refractivity contribution is 7.78. The van der Waals surface area contributed by atoms with E-state index in [1.165, 1.54) is 21.3 Å². The Balaban J connectivity index is 1.70. The first kappa shape index (κ1) is 30.9. The molecule has 3 aromatic rings. The number of hydrogen-bond acceptors (Lipinski definition) is 8. The average Bonchev–Trinajstić information content (AvgIpc) is 3.00. The summed E-state index contributed by atoms with van der Waals surface area (Å²) < 4.78 is 44.6. The number of rotatable bonds is 11. The van der Waals surface area contributed by atoms with Gasteiger partial charge in [0.25, 0.3) is 5.91 Å². The molecule has 1 saturated heterocycles. The third-order valence-electron chi connectivity index (χ3n) is 7.16. The van der Waals surface area contributed by atoms with Crippen molar-refractivity contribution in [3.63, 3.8) is 0 Å². The van der Waals surface area contributed by atoms with E-state index in [-0.39, 0.29) is 11.7 Å². The van der Waals surface area contributed by atoms with Crippen LogP contribution < -0.4 is 19.7 Å². The summed E-state index contributed by atoms with van der Waals surface area (Å²) in [4.78, 5) is 17.9. The Morgan fingerprint density at radius 3 is 2.07 bits per heavy atom. The molecule has 1 amide bonds. The van der Waals surface area contributed by atoms with Crippen LogP contribution in [0.4, 0.5) is 11.4 Å². The minimum atomic E-state index is -2.19. The fraction of sp³-hybridized carbons (Fsp3) is 0.323. The second-order valence-corrected chi connectivity index (χ2v) is 10.7. The molecule has 0 radical (unpaired) electrons. The molecule has 1 fully saturated rings. The number of amides is 1. The van der Waals surface area contributed by atoms with Crippen molar-refractivity contribution in [3.05, 3.63) is 82.9 Å². The summed E-state index contributed by atoms with van der Waals surface area (Å²) in [7, 11) is 8.14. The Kier molecular flexibility index (Phi) is 10.5. The lowest BCUT2D eigenvalue weighted by atomic mass is 10.0. The normalized spacial score (nSPS) is 15.0. The Labute approximate surface area is 249 Å². The number of benzene rings is 3. The van der Waals surface area contributed by atoms with Gasteiger partial charge in [0, 0.05) is 43.0 Å². The van der Waals surface area contributed by atoms with Gasteiger partial charge >= 0.3 is 0 Å². The molecule has 1 aliphatic heterocycles. The van der Waals surface area contributed by atoms with Crippen LogP contribution in [0, 0.1) is 0 Å². The van der Waals surface area contributed by atoms with Crippen LogP contribution in [0.5, 0.6) is 11.5 Å². The predicted octanol–water partition coefficient (Wildman–Crippen LogP) is 4.55. The molecule has 1 unspecified atom stereocenters. The Morgan fingerprint density at radius 2 is 1.48 bits per heavy atom. The maximum absolute atomic E-state index is 13.3. The van der Waals surface area contributed by atoms with Crippen LogP contribution in [0.2, 0.25) is 0 Å². The second kappa shape index (κ2) is 14.2. The SMILES string of the molecule is COC(=C(OC)c1ccccc1OC)c1cc(OC)c(NC(=O)c2ccc(N3CCN(C)CC3)cc2)cc1CS(=O)O. The zero-order valence-electron chi connectivity index (χ0n) is 24.5. The van der Waals surface area contributed by atoms with E-state index in [1.54, 1.807) is 37.4 Å². The molecule has 2 N–H and O–H groups in total. The fourth-order valence-electron chi connectivity index (χ4n) is 4.92. The summed E-state index contributed by atoms with van der Waals surface area (Å²) in [5.74, 6) is 1.00. The number of hydrogen-bond donors (Lipinski definition) is 2. The molecule has 4 rings (SSSR count). The van der Waals surface area contributed by atoms with Crippen LogP contribution >= 0.6 is 0 Å². The summed E-state index contributed by atoms with van der Waals surface area (Å²) in [6.45, 7) is 3.84. The summed E-state index contributed by atoms with van der Waals surface area (Å²) in [5, 5.41) is 2.90. The molecule has 10 nitrogen and oxygen atoms in total. The summed E-state index contributed by atoms with van der Waals surface area (Å²) in [5.41, 5.74) is 3.43. The number of anilines is 2. The van der Waals surface area contributed by atoms with Gasteiger partial charge in [0.05, 0.1) is 45.4 Å². The first-order valence-electron chi connectivity index (χ1n) is 13.4. The Morgan fingerprint density at radius 1 is 0.857 bits per heavy atom. The van der Waals surface area contributed by atoms with Crippen LogP contribution in [0.1, 0.15) is 27.0 Å². The molecule has 0 aromatic heterocycles. The van der Waals surface area contributed by atoms with E-state index < -0.39 is 11.1 Å². The molecule has 0 spiro atoms. The van der Waals surface area contributed by atoms with Crippen LogP contribution in [0.15, 0.2) is 60.7 Å². The van der Waals surface area contributed by atoms with Gasteiger partial charge in [-0.25, -0.2) is 4.21 Å². The molecule has 11 heteroatoms. The van der Waals surface area contributed by atoms with Crippen molar-refractivity contribution in [1.29, 1.82) is 0 Å². The zero-order valence-corrected chi connectivity index (χ0v) is 25.3. The highest BCUT2D eigenvalue weighted by atomic mass is 32.2. The Bertz CT molecular complexity index is 1450. The van der Waals surface area contributed by atoms with Crippen LogP contribution in [-0.2, 0) is 26.3 Å². The smallest absolute Gasteiger partial charge is 0.255 e. The molecule has 0 aliphatic carbocycles. The van der Waals surface area contributed by atoms with E-state index in [4.69, 9.17) is 18.9 Å². The van der Waals surface area contributed by atoms with Crippen molar-refractivity contribution in [2.45, 2.75) is 5.75 Å². The van der Waals surface area contributed by atoms with Gasteiger partial charge in [-0.2, -0.15) is 0 Å². The van der Waals surface area contributed by atoms with Gasteiger partial charge < -0.3 is 38.6 Å². The maximum atomic E-state index is 13.3. The standard InChI is InChI=1S/C31H37N3O7S/c1-33-14-16-34(17-15-33)23-12-10-21(11-13-23)31(35)32-26-18-22(20-42(36)37)25(19-28(26)39-3)30(41-5)29(40-4)24-8-6-7-9-27(24)38-2/h6-13,18-19H,14-17,20H2,1-5H3,(H,32,35)(H,36,37). The quantitative estimate of drug-likeness (QED) is 0.187. The lowest BCUT2D eigenvalue weighted by molar-refractivity contribution is 0.102. The summed E-state index contributed by atoms with van der Waals surface area (Å²) in [6.07, 6.45) is 0. The monoisotopic (exact) mass is 595 g/mol. The molecule has 0 saturated carbocycles. The molecular formula is C31H37N3O7S. The molecule has 42 heavy (non-hydrogen) atoms. The van der Waals surface area contributed by atoms with Crippen molar-refractivity contribution in [2.24, 2.45) is 0 Å². The number of likely N-dealkylation sites (N-methyl/N-ethyl adjacent to an activating group) is 1. The van der Waals surface area contributed by atoms with Crippen molar-refractivity contribution in [2.75, 3.05) is 71.9 Å². The van der Waals surface area contributed by atoms with Gasteiger partial charge in [0.15, 0.2) is 22.6 Å². The maximum Gasteiger partial charge on any atom is 0.255 e. The van der Waals surface area contributed by atoms with Crippen LogP contribution in [0.25, 0.3) is 11.5 Å². The lowest BCUT2D eigenvalue weighted by Crippen LogP contribution is -2.44. The lowest BCUT2D eigenvalue weighted by Gasteiger charge is -2.34. The second-order valence-electron chi connectivity index (χ2n) is 9.73. The van der Waals surface area contributed by atoms with Gasteiger partial charge in [-0.15, -0.1) is 0 Å². The molecule has 1 aliphatic rings. The number of ether oxygens (including phenoxy) is 4. The van der Waals surface area contributed by atoms with E-state index in [0.717, 1.165) is 31.9 Å². The summed E-state index contributed by atoms with van der Waals surface area (Å²) >= 11 is -2.19. The Hall–Kier alpha value is -4.06. The molecule has 3 aromatic carbocycles. The van der Waals surface area contributed by atoms with Gasteiger partial charge in [-0.3, -0.25) is 4.79 Å². The highest BCUT2D eigenvalue weighted by Crippen LogP contribution is 2.38. The van der Waals surface area contributed by atoms with Crippen molar-refractivity contribution in [3.8, 4) is 11.5 Å². The van der Waals surface area contributed by atoms with E-state index in [0.29, 0.717) is 51.0 Å². The fourth-order valence-corrected chi connectivity index (χ4v) is 5.42. The van der Waals surface area contributed by atoms with Crippen LogP contribution in [-0.4, -0.2) is 81.2 Å². The van der Waals surface area contributed by atoms with Crippen molar-refractivity contribution < 1.29 is 32.5 Å². The number of nitrogens with one attached hydrogen (secondary N) is 1. The topological polar surface area (TPSA) is 110 Å². The number of nitrogens with zero attached hydrogens (tertiary/aromatic N) is 2. The summed E-state index contributed by atoms with van der Waals surface area (Å²) in [6, 6.07) is 18.0.